The van der Waals surface area contributed by atoms with Crippen LogP contribution in [0.3, 0.4) is 0 Å². The minimum Gasteiger partial charge on any atom is -0.356 e. The van der Waals surface area contributed by atoms with Gasteiger partial charge in [-0.2, -0.15) is 0 Å². The first kappa shape index (κ1) is 19.7. The third-order valence-electron chi connectivity index (χ3n) is 6.28. The normalized spacial score (nSPS) is 17.2. The maximum Gasteiger partial charge on any atom is 0.322 e. The molecule has 1 aromatic carbocycles. The number of benzene rings is 1. The van der Waals surface area contributed by atoms with E-state index in [2.05, 4.69) is 36.0 Å². The second-order valence-electron chi connectivity index (χ2n) is 8.59. The van der Waals surface area contributed by atoms with Gasteiger partial charge in [0.05, 0.1) is 12.2 Å². The third kappa shape index (κ3) is 4.21. The molecule has 1 aromatic heterocycles. The lowest BCUT2D eigenvalue weighted by Gasteiger charge is -2.36. The number of aromatic nitrogens is 2. The number of rotatable bonds is 2. The number of carbonyl (C=O) groups is 1. The van der Waals surface area contributed by atoms with Gasteiger partial charge in [-0.1, -0.05) is 13.0 Å². The molecule has 2 aliphatic rings. The van der Waals surface area contributed by atoms with Crippen LogP contribution < -0.4 is 10.2 Å². The van der Waals surface area contributed by atoms with E-state index >= 15 is 0 Å². The molecule has 6 heteroatoms. The lowest BCUT2D eigenvalue weighted by Crippen LogP contribution is -2.41. The van der Waals surface area contributed by atoms with E-state index in [9.17, 15) is 4.79 Å². The minimum absolute atomic E-state index is 0.0577. The van der Waals surface area contributed by atoms with Gasteiger partial charge in [0.15, 0.2) is 0 Å². The Labute approximate surface area is 173 Å². The van der Waals surface area contributed by atoms with E-state index < -0.39 is 0 Å². The predicted molar refractivity (Wildman–Crippen MR) is 116 cm³/mol. The topological polar surface area (TPSA) is 61.4 Å². The Hall–Kier alpha value is -2.63. The van der Waals surface area contributed by atoms with Gasteiger partial charge in [0.1, 0.15) is 11.6 Å². The molecule has 0 bridgehead atoms. The molecule has 0 atom stereocenters. The minimum atomic E-state index is -0.0577. The molecule has 2 amide bonds. The molecule has 29 heavy (non-hydrogen) atoms. The van der Waals surface area contributed by atoms with Crippen molar-refractivity contribution in [2.75, 3.05) is 29.9 Å². The van der Waals surface area contributed by atoms with E-state index in [1.54, 1.807) is 0 Å². The Kier molecular flexibility index (Phi) is 5.43. The molecule has 2 aliphatic heterocycles. The van der Waals surface area contributed by atoms with Crippen LogP contribution in [0, 0.1) is 26.7 Å². The summed E-state index contributed by atoms with van der Waals surface area (Å²) in [5.74, 6) is 2.62. The van der Waals surface area contributed by atoms with E-state index in [-0.39, 0.29) is 6.03 Å². The smallest absolute Gasteiger partial charge is 0.322 e. The van der Waals surface area contributed by atoms with Gasteiger partial charge in [-0.3, -0.25) is 0 Å². The van der Waals surface area contributed by atoms with Crippen LogP contribution in [0.1, 0.15) is 48.0 Å². The number of anilines is 2. The number of nitrogens with zero attached hydrogens (tertiary/aromatic N) is 4. The van der Waals surface area contributed by atoms with E-state index in [4.69, 9.17) is 4.98 Å². The summed E-state index contributed by atoms with van der Waals surface area (Å²) in [6.07, 6.45) is 3.15. The first-order chi connectivity index (χ1) is 13.9. The van der Waals surface area contributed by atoms with Crippen molar-refractivity contribution in [3.05, 3.63) is 46.4 Å². The van der Waals surface area contributed by atoms with Crippen molar-refractivity contribution in [1.29, 1.82) is 0 Å². The quantitative estimate of drug-likeness (QED) is 0.829. The fourth-order valence-electron chi connectivity index (χ4n) is 4.19. The second-order valence-corrected chi connectivity index (χ2v) is 8.59. The summed E-state index contributed by atoms with van der Waals surface area (Å²) in [6, 6.07) is 5.98. The fourth-order valence-corrected chi connectivity index (χ4v) is 4.19. The van der Waals surface area contributed by atoms with Gasteiger partial charge in [0.25, 0.3) is 0 Å². The first-order valence-electron chi connectivity index (χ1n) is 10.6. The van der Waals surface area contributed by atoms with Gasteiger partial charge in [-0.05, 0) is 62.8 Å². The highest BCUT2D eigenvalue weighted by Gasteiger charge is 2.28. The molecule has 1 N–H and O–H groups in total. The number of carbonyl (C=O) groups excluding carboxylic acids is 1. The number of hydrogen-bond donors (Lipinski definition) is 1. The van der Waals surface area contributed by atoms with E-state index in [1.165, 1.54) is 24.0 Å². The van der Waals surface area contributed by atoms with E-state index in [1.807, 2.05) is 30.0 Å². The number of urea groups is 1. The van der Waals surface area contributed by atoms with Gasteiger partial charge in [0, 0.05) is 37.3 Å². The van der Waals surface area contributed by atoms with Crippen LogP contribution in [-0.2, 0) is 13.0 Å². The van der Waals surface area contributed by atoms with Crippen molar-refractivity contribution < 1.29 is 4.79 Å². The SMILES string of the molecule is Cc1nc2c(c(N3CCC(C)CC3)n1)CN(C(=O)Nc1ccc(C)c(C)c1)CC2. The number of aryl methyl sites for hydroxylation is 3. The summed E-state index contributed by atoms with van der Waals surface area (Å²) in [5.41, 5.74) is 5.46. The average Bonchev–Trinajstić information content (AvgIpc) is 2.70. The van der Waals surface area contributed by atoms with Crippen LogP contribution in [0.4, 0.5) is 16.3 Å². The molecule has 154 valence electrons. The number of nitrogens with one attached hydrogen (secondary N) is 1. The average molecular weight is 394 g/mol. The molecule has 0 spiro atoms. The van der Waals surface area contributed by atoms with Crippen molar-refractivity contribution in [3.8, 4) is 0 Å². The van der Waals surface area contributed by atoms with Crippen LogP contribution in [0.2, 0.25) is 0 Å². The molecule has 6 nitrogen and oxygen atoms in total. The van der Waals surface area contributed by atoms with Crippen molar-refractivity contribution in [2.24, 2.45) is 5.92 Å². The molecule has 3 heterocycles. The van der Waals surface area contributed by atoms with Crippen molar-refractivity contribution in [3.63, 3.8) is 0 Å². The molecule has 0 unspecified atom stereocenters. The lowest BCUT2D eigenvalue weighted by molar-refractivity contribution is 0.206. The Balaban J connectivity index is 1.54. The molecule has 4 rings (SSSR count). The van der Waals surface area contributed by atoms with Gasteiger partial charge < -0.3 is 15.1 Å². The largest absolute Gasteiger partial charge is 0.356 e. The Morgan fingerprint density at radius 2 is 1.83 bits per heavy atom. The highest BCUT2D eigenvalue weighted by Crippen LogP contribution is 2.30. The van der Waals surface area contributed by atoms with Crippen molar-refractivity contribution in [1.82, 2.24) is 14.9 Å². The summed E-state index contributed by atoms with van der Waals surface area (Å²) < 4.78 is 0. The molecular weight excluding hydrogens is 362 g/mol. The van der Waals surface area contributed by atoms with Crippen LogP contribution in [0.25, 0.3) is 0 Å². The first-order valence-corrected chi connectivity index (χ1v) is 10.6. The zero-order chi connectivity index (χ0) is 20.5. The predicted octanol–water partition coefficient (Wildman–Crippen LogP) is 4.23. The number of hydrogen-bond acceptors (Lipinski definition) is 4. The zero-order valence-corrected chi connectivity index (χ0v) is 18.0. The molecule has 1 saturated heterocycles. The Morgan fingerprint density at radius 1 is 1.07 bits per heavy atom. The summed E-state index contributed by atoms with van der Waals surface area (Å²) in [4.78, 5) is 26.7. The highest BCUT2D eigenvalue weighted by molar-refractivity contribution is 5.89. The fraction of sp³-hybridized carbons (Fsp3) is 0.522. The van der Waals surface area contributed by atoms with Crippen LogP contribution >= 0.6 is 0 Å². The van der Waals surface area contributed by atoms with Crippen LogP contribution in [0.15, 0.2) is 18.2 Å². The molecule has 0 saturated carbocycles. The lowest BCUT2D eigenvalue weighted by atomic mass is 9.98. The van der Waals surface area contributed by atoms with Crippen molar-refractivity contribution >= 4 is 17.5 Å². The molecule has 0 aliphatic carbocycles. The molecule has 2 aromatic rings. The summed E-state index contributed by atoms with van der Waals surface area (Å²) in [7, 11) is 0. The number of fused-ring (bicyclic) bond motifs is 1. The van der Waals surface area contributed by atoms with E-state index in [0.717, 1.165) is 54.0 Å². The maximum absolute atomic E-state index is 12.9. The second kappa shape index (κ2) is 8.01. The number of amides is 2. The van der Waals surface area contributed by atoms with Crippen LogP contribution in [-0.4, -0.2) is 40.5 Å². The Bertz CT molecular complexity index is 918. The summed E-state index contributed by atoms with van der Waals surface area (Å²) in [6.45, 7) is 11.7. The summed E-state index contributed by atoms with van der Waals surface area (Å²) >= 11 is 0. The van der Waals surface area contributed by atoms with Crippen LogP contribution in [0.5, 0.6) is 0 Å². The summed E-state index contributed by atoms with van der Waals surface area (Å²) in [5, 5.41) is 3.06. The van der Waals surface area contributed by atoms with Gasteiger partial charge >= 0.3 is 6.03 Å². The third-order valence-corrected chi connectivity index (χ3v) is 6.28. The van der Waals surface area contributed by atoms with Gasteiger partial charge in [-0.25, -0.2) is 14.8 Å². The maximum atomic E-state index is 12.9. The number of piperidine rings is 1. The molecule has 1 fully saturated rings. The zero-order valence-electron chi connectivity index (χ0n) is 18.0. The van der Waals surface area contributed by atoms with Crippen molar-refractivity contribution in [2.45, 2.75) is 53.5 Å². The monoisotopic (exact) mass is 393 g/mol. The molecular formula is C23H31N5O. The highest BCUT2D eigenvalue weighted by atomic mass is 16.2. The van der Waals surface area contributed by atoms with Gasteiger partial charge in [-0.15, -0.1) is 0 Å². The van der Waals surface area contributed by atoms with Gasteiger partial charge in [0.2, 0.25) is 0 Å². The van der Waals surface area contributed by atoms with E-state index in [0.29, 0.717) is 13.1 Å². The standard InChI is InChI=1S/C23H31N5O/c1-15-7-10-27(11-8-15)22-20-14-28(12-9-21(20)24-18(4)25-22)23(29)26-19-6-5-16(2)17(3)13-19/h5-6,13,15H,7-12,14H2,1-4H3,(H,26,29). The Morgan fingerprint density at radius 3 is 2.55 bits per heavy atom. The molecule has 0 radical (unpaired) electrons.